The quantitative estimate of drug-likeness (QED) is 0.820. The van der Waals surface area contributed by atoms with Gasteiger partial charge in [0.05, 0.1) is 6.61 Å². The third kappa shape index (κ3) is 4.02. The van der Waals surface area contributed by atoms with Crippen LogP contribution in [0.4, 0.5) is 5.69 Å². The van der Waals surface area contributed by atoms with Gasteiger partial charge in [0, 0.05) is 25.4 Å². The van der Waals surface area contributed by atoms with E-state index in [2.05, 4.69) is 34.9 Å². The molecule has 1 aromatic carbocycles. The van der Waals surface area contributed by atoms with E-state index in [4.69, 9.17) is 4.74 Å². The first-order chi connectivity index (χ1) is 8.38. The van der Waals surface area contributed by atoms with Crippen LogP contribution in [0.1, 0.15) is 24.8 Å². The largest absolute Gasteiger partial charge is 0.383 e. The fraction of sp³-hybridized carbons (Fsp3) is 0.571. The topological polar surface area (TPSA) is 33.3 Å². The Morgan fingerprint density at radius 1 is 1.29 bits per heavy atom. The highest BCUT2D eigenvalue weighted by Gasteiger charge is 2.11. The number of rotatable bonds is 5. The summed E-state index contributed by atoms with van der Waals surface area (Å²) in [5, 5.41) is 7.02. The molecule has 0 amide bonds. The van der Waals surface area contributed by atoms with E-state index in [1.165, 1.54) is 37.1 Å². The molecule has 1 aliphatic rings. The minimum absolute atomic E-state index is 0.627. The third-order valence-corrected chi connectivity index (χ3v) is 3.23. The van der Waals surface area contributed by atoms with Crippen molar-refractivity contribution >= 4 is 5.69 Å². The number of methoxy groups -OCH3 is 1. The molecule has 0 aliphatic carbocycles. The minimum Gasteiger partial charge on any atom is -0.383 e. The molecular weight excluding hydrogens is 212 g/mol. The Kier molecular flexibility index (Phi) is 4.83. The molecule has 1 aliphatic heterocycles. The molecule has 0 bridgehead atoms. The van der Waals surface area contributed by atoms with Crippen LogP contribution in [0.5, 0.6) is 0 Å². The first-order valence-electron chi connectivity index (χ1n) is 6.43. The van der Waals surface area contributed by atoms with E-state index in [0.717, 1.165) is 6.54 Å². The first-order valence-corrected chi connectivity index (χ1v) is 6.43. The highest BCUT2D eigenvalue weighted by Crippen LogP contribution is 2.12. The van der Waals surface area contributed by atoms with E-state index >= 15 is 0 Å². The molecule has 0 aromatic heterocycles. The highest BCUT2D eigenvalue weighted by atomic mass is 16.5. The summed E-state index contributed by atoms with van der Waals surface area (Å²) in [4.78, 5) is 0. The van der Waals surface area contributed by atoms with Gasteiger partial charge in [0.25, 0.3) is 0 Å². The lowest BCUT2D eigenvalue weighted by molar-refractivity contribution is 0.185. The number of ether oxygens (including phenoxy) is 1. The lowest BCUT2D eigenvalue weighted by atomic mass is 10.1. The van der Waals surface area contributed by atoms with E-state index < -0.39 is 0 Å². The average Bonchev–Trinajstić information content (AvgIpc) is 2.40. The van der Waals surface area contributed by atoms with E-state index in [9.17, 15) is 0 Å². The molecule has 1 atom stereocenters. The van der Waals surface area contributed by atoms with Gasteiger partial charge in [0.1, 0.15) is 0 Å². The summed E-state index contributed by atoms with van der Waals surface area (Å²) >= 11 is 0. The van der Waals surface area contributed by atoms with Crippen molar-refractivity contribution in [2.24, 2.45) is 0 Å². The molecule has 2 N–H and O–H groups in total. The smallest absolute Gasteiger partial charge is 0.0713 e. The molecule has 3 heteroatoms. The molecule has 0 saturated carbocycles. The highest BCUT2D eigenvalue weighted by molar-refractivity contribution is 5.44. The molecule has 0 spiro atoms. The Hall–Kier alpha value is -1.06. The zero-order valence-electron chi connectivity index (χ0n) is 10.5. The molecule has 94 valence electrons. The maximum Gasteiger partial charge on any atom is 0.0713 e. The molecule has 0 radical (unpaired) electrons. The second-order valence-corrected chi connectivity index (χ2v) is 4.66. The van der Waals surface area contributed by atoms with Gasteiger partial charge >= 0.3 is 0 Å². The van der Waals surface area contributed by atoms with Gasteiger partial charge in [0.15, 0.2) is 0 Å². The molecule has 3 nitrogen and oxygen atoms in total. The summed E-state index contributed by atoms with van der Waals surface area (Å²) in [6.45, 7) is 2.87. The van der Waals surface area contributed by atoms with Crippen LogP contribution in [-0.4, -0.2) is 26.2 Å². The van der Waals surface area contributed by atoms with Crippen molar-refractivity contribution in [2.45, 2.75) is 31.9 Å². The number of hydrogen-bond donors (Lipinski definition) is 2. The number of anilines is 1. The number of benzene rings is 1. The maximum atomic E-state index is 5.09. The van der Waals surface area contributed by atoms with Crippen molar-refractivity contribution in [1.82, 2.24) is 5.32 Å². The molecule has 1 saturated heterocycles. The Labute approximate surface area is 104 Å². The van der Waals surface area contributed by atoms with Gasteiger partial charge in [-0.1, -0.05) is 18.6 Å². The standard InChI is InChI=1S/C14H22N2O/c1-17-11-12-5-7-13(8-6-12)16-10-14-4-2-3-9-15-14/h5-8,14-16H,2-4,9-11H2,1H3. The summed E-state index contributed by atoms with van der Waals surface area (Å²) in [5.74, 6) is 0. The van der Waals surface area contributed by atoms with Crippen molar-refractivity contribution in [3.8, 4) is 0 Å². The van der Waals surface area contributed by atoms with Crippen molar-refractivity contribution in [1.29, 1.82) is 0 Å². The second-order valence-electron chi connectivity index (χ2n) is 4.66. The predicted octanol–water partition coefficient (Wildman–Crippen LogP) is 2.39. The van der Waals surface area contributed by atoms with Crippen LogP contribution in [0.3, 0.4) is 0 Å². The summed E-state index contributed by atoms with van der Waals surface area (Å²) in [5.41, 5.74) is 2.41. The fourth-order valence-corrected chi connectivity index (χ4v) is 2.22. The van der Waals surface area contributed by atoms with E-state index in [1.54, 1.807) is 7.11 Å². The van der Waals surface area contributed by atoms with Crippen molar-refractivity contribution < 1.29 is 4.74 Å². The van der Waals surface area contributed by atoms with Gasteiger partial charge < -0.3 is 15.4 Å². The maximum absolute atomic E-state index is 5.09. The van der Waals surface area contributed by atoms with Crippen molar-refractivity contribution in [3.05, 3.63) is 29.8 Å². The van der Waals surface area contributed by atoms with E-state index in [1.807, 2.05) is 0 Å². The van der Waals surface area contributed by atoms with Gasteiger partial charge in [-0.25, -0.2) is 0 Å². The van der Waals surface area contributed by atoms with Crippen LogP contribution in [0.25, 0.3) is 0 Å². The molecule has 1 fully saturated rings. The number of hydrogen-bond acceptors (Lipinski definition) is 3. The lowest BCUT2D eigenvalue weighted by Crippen LogP contribution is -2.39. The SMILES string of the molecule is COCc1ccc(NCC2CCCCN2)cc1. The monoisotopic (exact) mass is 234 g/mol. The van der Waals surface area contributed by atoms with Crippen LogP contribution in [0, 0.1) is 0 Å². The third-order valence-electron chi connectivity index (χ3n) is 3.23. The van der Waals surface area contributed by atoms with Crippen LogP contribution in [0.2, 0.25) is 0 Å². The van der Waals surface area contributed by atoms with E-state index in [0.29, 0.717) is 12.6 Å². The second kappa shape index (κ2) is 6.62. The Morgan fingerprint density at radius 3 is 2.76 bits per heavy atom. The lowest BCUT2D eigenvalue weighted by Gasteiger charge is -2.24. The number of nitrogens with one attached hydrogen (secondary N) is 2. The molecule has 1 aromatic rings. The fourth-order valence-electron chi connectivity index (χ4n) is 2.22. The zero-order chi connectivity index (χ0) is 11.9. The summed E-state index contributed by atoms with van der Waals surface area (Å²) in [6, 6.07) is 9.09. The van der Waals surface area contributed by atoms with Crippen molar-refractivity contribution in [2.75, 3.05) is 25.5 Å². The summed E-state index contributed by atoms with van der Waals surface area (Å²) < 4.78 is 5.09. The van der Waals surface area contributed by atoms with Gasteiger partial charge in [0.2, 0.25) is 0 Å². The summed E-state index contributed by atoms with van der Waals surface area (Å²) in [6.07, 6.45) is 3.96. The van der Waals surface area contributed by atoms with E-state index in [-0.39, 0.29) is 0 Å². The summed E-state index contributed by atoms with van der Waals surface area (Å²) in [7, 11) is 1.72. The van der Waals surface area contributed by atoms with Crippen LogP contribution >= 0.6 is 0 Å². The predicted molar refractivity (Wildman–Crippen MR) is 71.3 cm³/mol. The van der Waals surface area contributed by atoms with Gasteiger partial charge in [-0.2, -0.15) is 0 Å². The van der Waals surface area contributed by atoms with Crippen LogP contribution in [-0.2, 0) is 11.3 Å². The molecule has 1 heterocycles. The molecular formula is C14H22N2O. The Bertz CT molecular complexity index is 317. The van der Waals surface area contributed by atoms with Crippen LogP contribution < -0.4 is 10.6 Å². The van der Waals surface area contributed by atoms with Crippen molar-refractivity contribution in [3.63, 3.8) is 0 Å². The van der Waals surface area contributed by atoms with Gasteiger partial charge in [-0.15, -0.1) is 0 Å². The molecule has 1 unspecified atom stereocenters. The van der Waals surface area contributed by atoms with Crippen LogP contribution in [0.15, 0.2) is 24.3 Å². The Morgan fingerprint density at radius 2 is 2.12 bits per heavy atom. The first kappa shape index (κ1) is 12.4. The minimum atomic E-state index is 0.627. The van der Waals surface area contributed by atoms with Gasteiger partial charge in [-0.3, -0.25) is 0 Å². The zero-order valence-corrected chi connectivity index (χ0v) is 10.5. The Balaban J connectivity index is 1.77. The number of piperidine rings is 1. The molecule has 2 rings (SSSR count). The molecule has 17 heavy (non-hydrogen) atoms. The average molecular weight is 234 g/mol. The van der Waals surface area contributed by atoms with Gasteiger partial charge in [-0.05, 0) is 37.1 Å². The normalized spacial score (nSPS) is 20.2.